The molecule has 0 radical (unpaired) electrons. The van der Waals surface area contributed by atoms with Gasteiger partial charge in [0.05, 0.1) is 12.2 Å². The van der Waals surface area contributed by atoms with Gasteiger partial charge in [0.15, 0.2) is 0 Å². The van der Waals surface area contributed by atoms with Crippen LogP contribution in [0.25, 0.3) is 0 Å². The van der Waals surface area contributed by atoms with Gasteiger partial charge < -0.3 is 18.0 Å². The molecule has 6 heteroatoms. The maximum Gasteiger partial charge on any atom is 0.500 e. The molecule has 0 amide bonds. The molecule has 5 nitrogen and oxygen atoms in total. The molecule has 0 saturated carbocycles. The second kappa shape index (κ2) is 12.4. The van der Waals surface area contributed by atoms with Crippen LogP contribution in [0.15, 0.2) is 24.3 Å². The van der Waals surface area contributed by atoms with E-state index in [1.54, 1.807) is 0 Å². The zero-order valence-electron chi connectivity index (χ0n) is 18.5. The minimum Gasteiger partial charge on any atom is -0.462 e. The lowest BCUT2D eigenvalue weighted by Gasteiger charge is -2.28. The number of ether oxygens (including phenoxy) is 1. The molecule has 0 aromatic heterocycles. The first-order chi connectivity index (χ1) is 13.3. The Labute approximate surface area is 172 Å². The Morgan fingerprint density at radius 2 is 1.39 bits per heavy atom. The Balaban J connectivity index is 2.36. The Bertz CT molecular complexity index is 548. The van der Waals surface area contributed by atoms with Crippen LogP contribution in [0.5, 0.6) is 0 Å². The van der Waals surface area contributed by atoms with Crippen LogP contribution in [0.1, 0.15) is 76.7 Å². The maximum atomic E-state index is 12.2. The summed E-state index contributed by atoms with van der Waals surface area (Å²) in [7, 11) is -2.56. The summed E-state index contributed by atoms with van der Waals surface area (Å²) in [6.45, 7) is 14.6. The van der Waals surface area contributed by atoms with Gasteiger partial charge in [0, 0.05) is 25.9 Å². The van der Waals surface area contributed by atoms with E-state index in [4.69, 9.17) is 18.0 Å². The van der Waals surface area contributed by atoms with Crippen molar-refractivity contribution in [2.75, 3.05) is 26.4 Å². The van der Waals surface area contributed by atoms with Crippen LogP contribution in [0, 0.1) is 0 Å². The lowest BCUT2D eigenvalue weighted by Crippen LogP contribution is -2.45. The molecule has 0 aliphatic heterocycles. The molecule has 1 rings (SSSR count). The smallest absolute Gasteiger partial charge is 0.462 e. The Kier molecular flexibility index (Phi) is 11.0. The standard InChI is InChI=1S/C22H38O5Si/c1-7-25-28(26-8-2,27-9-3)18-12-10-11-17-24-21(23)19-13-15-20(16-14-19)22(4,5)6/h13-16H,7-12,17-18H2,1-6H3. The summed E-state index contributed by atoms with van der Waals surface area (Å²) in [4.78, 5) is 12.2. The highest BCUT2D eigenvalue weighted by atomic mass is 28.4. The van der Waals surface area contributed by atoms with Gasteiger partial charge in [0.2, 0.25) is 0 Å². The van der Waals surface area contributed by atoms with Gasteiger partial charge in [-0.2, -0.15) is 0 Å². The molecule has 28 heavy (non-hydrogen) atoms. The van der Waals surface area contributed by atoms with E-state index in [0.29, 0.717) is 32.0 Å². The van der Waals surface area contributed by atoms with Gasteiger partial charge in [0.1, 0.15) is 0 Å². The van der Waals surface area contributed by atoms with Crippen molar-refractivity contribution in [1.82, 2.24) is 0 Å². The number of hydrogen-bond acceptors (Lipinski definition) is 5. The van der Waals surface area contributed by atoms with Gasteiger partial charge in [-0.05, 0) is 56.7 Å². The predicted octanol–water partition coefficient (Wildman–Crippen LogP) is 5.36. The summed E-state index contributed by atoms with van der Waals surface area (Å²) in [5, 5.41) is 0. The molecule has 160 valence electrons. The van der Waals surface area contributed by atoms with Gasteiger partial charge in [0.25, 0.3) is 0 Å². The van der Waals surface area contributed by atoms with Crippen molar-refractivity contribution in [3.63, 3.8) is 0 Å². The summed E-state index contributed by atoms with van der Waals surface area (Å²) in [6.07, 6.45) is 2.70. The van der Waals surface area contributed by atoms with E-state index in [1.807, 2.05) is 45.0 Å². The number of benzene rings is 1. The van der Waals surface area contributed by atoms with Crippen LogP contribution in [0.4, 0.5) is 0 Å². The van der Waals surface area contributed by atoms with Gasteiger partial charge in [-0.15, -0.1) is 0 Å². The second-order valence-electron chi connectivity index (χ2n) is 7.76. The number of rotatable bonds is 13. The van der Waals surface area contributed by atoms with Crippen LogP contribution < -0.4 is 0 Å². The Morgan fingerprint density at radius 3 is 1.86 bits per heavy atom. The molecule has 0 bridgehead atoms. The number of esters is 1. The molecule has 0 heterocycles. The highest BCUT2D eigenvalue weighted by molar-refractivity contribution is 6.60. The van der Waals surface area contributed by atoms with Crippen molar-refractivity contribution in [2.45, 2.75) is 72.3 Å². The summed E-state index contributed by atoms with van der Waals surface area (Å²) < 4.78 is 23.0. The molecule has 0 saturated heterocycles. The van der Waals surface area contributed by atoms with Gasteiger partial charge in [-0.25, -0.2) is 4.79 Å². The molecule has 0 N–H and O–H groups in total. The molecule has 0 atom stereocenters. The van der Waals surface area contributed by atoms with Crippen LogP contribution in [-0.4, -0.2) is 41.2 Å². The fourth-order valence-corrected chi connectivity index (χ4v) is 5.66. The van der Waals surface area contributed by atoms with E-state index in [2.05, 4.69) is 20.8 Å². The lowest BCUT2D eigenvalue weighted by atomic mass is 9.87. The fourth-order valence-electron chi connectivity index (χ4n) is 2.98. The van der Waals surface area contributed by atoms with E-state index in [9.17, 15) is 4.79 Å². The highest BCUT2D eigenvalue weighted by Crippen LogP contribution is 2.23. The minimum absolute atomic E-state index is 0.0748. The highest BCUT2D eigenvalue weighted by Gasteiger charge is 2.39. The third kappa shape index (κ3) is 8.43. The Morgan fingerprint density at radius 1 is 0.857 bits per heavy atom. The van der Waals surface area contributed by atoms with Gasteiger partial charge in [-0.3, -0.25) is 0 Å². The molecule has 1 aromatic rings. The van der Waals surface area contributed by atoms with Gasteiger partial charge >= 0.3 is 14.8 Å². The van der Waals surface area contributed by atoms with E-state index < -0.39 is 8.80 Å². The maximum absolute atomic E-state index is 12.2. The molecular weight excluding hydrogens is 372 g/mol. The predicted molar refractivity (Wildman–Crippen MR) is 115 cm³/mol. The summed E-state index contributed by atoms with van der Waals surface area (Å²) >= 11 is 0. The molecular formula is C22H38O5Si. The van der Waals surface area contributed by atoms with Crippen molar-refractivity contribution in [1.29, 1.82) is 0 Å². The fraction of sp³-hybridized carbons (Fsp3) is 0.682. The summed E-state index contributed by atoms with van der Waals surface area (Å²) in [5.41, 5.74) is 1.88. The quantitative estimate of drug-likeness (QED) is 0.249. The molecule has 0 aliphatic rings. The van der Waals surface area contributed by atoms with Crippen molar-refractivity contribution in [2.24, 2.45) is 0 Å². The van der Waals surface area contributed by atoms with Crippen molar-refractivity contribution < 1.29 is 22.8 Å². The zero-order chi connectivity index (χ0) is 21.0. The third-order valence-electron chi connectivity index (χ3n) is 4.44. The second-order valence-corrected chi connectivity index (χ2v) is 10.5. The average molecular weight is 411 g/mol. The number of hydrogen-bond donors (Lipinski definition) is 0. The first-order valence-electron chi connectivity index (χ1n) is 10.5. The van der Waals surface area contributed by atoms with E-state index >= 15 is 0 Å². The van der Waals surface area contributed by atoms with Crippen molar-refractivity contribution in [3.8, 4) is 0 Å². The average Bonchev–Trinajstić information content (AvgIpc) is 2.64. The number of unbranched alkanes of at least 4 members (excludes halogenated alkanes) is 2. The lowest BCUT2D eigenvalue weighted by molar-refractivity contribution is 0.0493. The monoisotopic (exact) mass is 410 g/mol. The van der Waals surface area contributed by atoms with Crippen LogP contribution in [0.2, 0.25) is 6.04 Å². The Hall–Kier alpha value is -1.21. The molecule has 0 aliphatic carbocycles. The molecule has 1 aromatic carbocycles. The number of carbonyl (C=O) groups is 1. The topological polar surface area (TPSA) is 54.0 Å². The normalized spacial score (nSPS) is 12.2. The van der Waals surface area contributed by atoms with Crippen LogP contribution >= 0.6 is 0 Å². The zero-order valence-corrected chi connectivity index (χ0v) is 19.5. The molecule has 0 unspecified atom stereocenters. The van der Waals surface area contributed by atoms with Gasteiger partial charge in [-0.1, -0.05) is 39.3 Å². The first-order valence-corrected chi connectivity index (χ1v) is 12.4. The van der Waals surface area contributed by atoms with E-state index in [1.165, 1.54) is 5.56 Å². The minimum atomic E-state index is -2.56. The SMILES string of the molecule is CCO[Si](CCCCCOC(=O)c1ccc(C(C)(C)C)cc1)(OCC)OCC. The van der Waals surface area contributed by atoms with E-state index in [-0.39, 0.29) is 11.4 Å². The van der Waals surface area contributed by atoms with Crippen LogP contribution in [0.3, 0.4) is 0 Å². The van der Waals surface area contributed by atoms with Crippen molar-refractivity contribution in [3.05, 3.63) is 35.4 Å². The van der Waals surface area contributed by atoms with Crippen molar-refractivity contribution >= 4 is 14.8 Å². The summed E-state index contributed by atoms with van der Waals surface area (Å²) in [6, 6.07) is 8.47. The first kappa shape index (κ1) is 24.8. The van der Waals surface area contributed by atoms with Crippen LogP contribution in [-0.2, 0) is 23.4 Å². The number of carbonyl (C=O) groups excluding carboxylic acids is 1. The largest absolute Gasteiger partial charge is 0.500 e. The third-order valence-corrected chi connectivity index (χ3v) is 7.59. The molecule has 0 spiro atoms. The molecule has 0 fully saturated rings. The summed E-state index contributed by atoms with van der Waals surface area (Å²) in [5.74, 6) is -0.262. The van der Waals surface area contributed by atoms with E-state index in [0.717, 1.165) is 25.3 Å².